The predicted octanol–water partition coefficient (Wildman–Crippen LogP) is 3.41. The van der Waals surface area contributed by atoms with Crippen LogP contribution in [0.15, 0.2) is 27.6 Å². The molecule has 2 rings (SSSR count). The van der Waals surface area contributed by atoms with Crippen LogP contribution in [0.4, 0.5) is 10.5 Å². The van der Waals surface area contributed by atoms with Crippen molar-refractivity contribution in [2.75, 3.05) is 17.7 Å². The summed E-state index contributed by atoms with van der Waals surface area (Å²) in [5, 5.41) is 2.66. The van der Waals surface area contributed by atoms with E-state index in [1.165, 1.54) is 11.8 Å². The Hall–Kier alpha value is -1.21. The van der Waals surface area contributed by atoms with Gasteiger partial charge in [0, 0.05) is 22.2 Å². The molecule has 7 heteroatoms. The van der Waals surface area contributed by atoms with Crippen LogP contribution in [-0.2, 0) is 9.53 Å². The summed E-state index contributed by atoms with van der Waals surface area (Å²) < 4.78 is 6.18. The van der Waals surface area contributed by atoms with Crippen LogP contribution in [0.3, 0.4) is 0 Å². The topological polar surface area (TPSA) is 58.6 Å². The first-order valence-corrected chi connectivity index (χ1v) is 8.64. The van der Waals surface area contributed by atoms with Crippen LogP contribution in [0.25, 0.3) is 0 Å². The van der Waals surface area contributed by atoms with Gasteiger partial charge in [0.1, 0.15) is 11.6 Å². The average Bonchev–Trinajstić information content (AvgIpc) is 2.49. The van der Waals surface area contributed by atoms with E-state index >= 15 is 0 Å². The van der Waals surface area contributed by atoms with Crippen LogP contribution in [0.1, 0.15) is 20.8 Å². The molecule has 1 aliphatic heterocycles. The molecule has 1 aliphatic rings. The largest absolute Gasteiger partial charge is 0.444 e. The highest BCUT2D eigenvalue weighted by molar-refractivity contribution is 9.10. The van der Waals surface area contributed by atoms with Crippen molar-refractivity contribution in [2.45, 2.75) is 37.3 Å². The summed E-state index contributed by atoms with van der Waals surface area (Å²) in [6.45, 7) is 5.36. The van der Waals surface area contributed by atoms with E-state index in [2.05, 4.69) is 21.2 Å². The number of rotatable bonds is 1. The van der Waals surface area contributed by atoms with Gasteiger partial charge in [0.15, 0.2) is 0 Å². The highest BCUT2D eigenvalue weighted by atomic mass is 79.9. The zero-order valence-electron chi connectivity index (χ0n) is 13.0. The molecule has 1 heterocycles. The number of hydrogen-bond donors (Lipinski definition) is 1. The molecular formula is C15H19BrN2O3S. The van der Waals surface area contributed by atoms with Gasteiger partial charge in [-0.05, 0) is 39.0 Å². The number of nitrogens with zero attached hydrogens (tertiary/aromatic N) is 1. The lowest BCUT2D eigenvalue weighted by Gasteiger charge is -2.24. The Kier molecular flexibility index (Phi) is 5.07. The Labute approximate surface area is 142 Å². The maximum absolute atomic E-state index is 12.5. The number of likely N-dealkylation sites (N-methyl/N-ethyl adjacent to an activating group) is 1. The monoisotopic (exact) mass is 386 g/mol. The molecule has 2 amide bonds. The van der Waals surface area contributed by atoms with Crippen molar-refractivity contribution in [2.24, 2.45) is 0 Å². The summed E-state index contributed by atoms with van der Waals surface area (Å²) in [5.41, 5.74) is 0.247. The van der Waals surface area contributed by atoms with Crippen molar-refractivity contribution in [1.82, 2.24) is 5.32 Å². The minimum Gasteiger partial charge on any atom is -0.444 e. The van der Waals surface area contributed by atoms with Crippen LogP contribution >= 0.6 is 27.7 Å². The van der Waals surface area contributed by atoms with Gasteiger partial charge in [-0.15, -0.1) is 11.8 Å². The van der Waals surface area contributed by atoms with E-state index in [0.29, 0.717) is 5.75 Å². The molecule has 0 fully saturated rings. The molecule has 0 saturated heterocycles. The van der Waals surface area contributed by atoms with Gasteiger partial charge < -0.3 is 15.0 Å². The standard InChI is InChI=1S/C15H19BrN2O3S/c1-15(2,3)21-14(20)17-10-8-22-12-7-9(16)5-6-11(12)18(4)13(10)19/h5-7,10H,8H2,1-4H3,(H,17,20)/t10-/m0/s1. The number of thioether (sulfide) groups is 1. The maximum atomic E-state index is 12.5. The molecule has 0 spiro atoms. The van der Waals surface area contributed by atoms with Gasteiger partial charge in [0.2, 0.25) is 5.91 Å². The number of anilines is 1. The molecule has 0 unspecified atom stereocenters. The van der Waals surface area contributed by atoms with Gasteiger partial charge in [-0.3, -0.25) is 4.79 Å². The first-order chi connectivity index (χ1) is 10.2. The molecule has 0 bridgehead atoms. The summed E-state index contributed by atoms with van der Waals surface area (Å²) in [5.74, 6) is 0.311. The number of carbonyl (C=O) groups excluding carboxylic acids is 2. The number of carbonyl (C=O) groups is 2. The van der Waals surface area contributed by atoms with Gasteiger partial charge in [0.25, 0.3) is 0 Å². The number of amides is 2. The summed E-state index contributed by atoms with van der Waals surface area (Å²) in [7, 11) is 1.71. The number of ether oxygens (including phenoxy) is 1. The third-order valence-corrected chi connectivity index (χ3v) is 4.64. The second kappa shape index (κ2) is 6.50. The molecule has 22 heavy (non-hydrogen) atoms. The number of halogens is 1. The molecule has 5 nitrogen and oxygen atoms in total. The van der Waals surface area contributed by atoms with E-state index in [1.54, 1.807) is 32.7 Å². The number of hydrogen-bond acceptors (Lipinski definition) is 4. The van der Waals surface area contributed by atoms with Crippen LogP contribution in [-0.4, -0.2) is 36.4 Å². The number of benzene rings is 1. The Morgan fingerprint density at radius 1 is 1.45 bits per heavy atom. The minimum absolute atomic E-state index is 0.153. The van der Waals surface area contributed by atoms with Gasteiger partial charge >= 0.3 is 6.09 Å². The van der Waals surface area contributed by atoms with Crippen LogP contribution in [0.5, 0.6) is 0 Å². The summed E-state index contributed by atoms with van der Waals surface area (Å²) in [6.07, 6.45) is -0.577. The van der Waals surface area contributed by atoms with Crippen molar-refractivity contribution in [3.05, 3.63) is 22.7 Å². The second-order valence-electron chi connectivity index (χ2n) is 6.02. The average molecular weight is 387 g/mol. The quantitative estimate of drug-likeness (QED) is 0.803. The molecule has 120 valence electrons. The Bertz CT molecular complexity index is 601. The number of nitrogens with one attached hydrogen (secondary N) is 1. The van der Waals surface area contributed by atoms with E-state index in [9.17, 15) is 9.59 Å². The van der Waals surface area contributed by atoms with Crippen LogP contribution in [0, 0.1) is 0 Å². The lowest BCUT2D eigenvalue weighted by molar-refractivity contribution is -0.119. The smallest absolute Gasteiger partial charge is 0.408 e. The van der Waals surface area contributed by atoms with Crippen molar-refractivity contribution >= 4 is 45.4 Å². The zero-order valence-corrected chi connectivity index (χ0v) is 15.4. The zero-order chi connectivity index (χ0) is 16.5. The summed E-state index contributed by atoms with van der Waals surface area (Å²) in [4.78, 5) is 27.0. The van der Waals surface area contributed by atoms with Crippen molar-refractivity contribution in [1.29, 1.82) is 0 Å². The fraction of sp³-hybridized carbons (Fsp3) is 0.467. The molecule has 1 aromatic carbocycles. The Morgan fingerprint density at radius 3 is 2.77 bits per heavy atom. The van der Waals surface area contributed by atoms with Gasteiger partial charge in [-0.25, -0.2) is 4.79 Å². The normalized spacial score (nSPS) is 18.5. The van der Waals surface area contributed by atoms with Gasteiger partial charge in [-0.2, -0.15) is 0 Å². The van der Waals surface area contributed by atoms with E-state index in [-0.39, 0.29) is 5.91 Å². The summed E-state index contributed by atoms with van der Waals surface area (Å²) >= 11 is 4.97. The fourth-order valence-corrected chi connectivity index (χ4v) is 3.68. The number of alkyl carbamates (subject to hydrolysis) is 1. The van der Waals surface area contributed by atoms with E-state index in [4.69, 9.17) is 4.74 Å². The number of fused-ring (bicyclic) bond motifs is 1. The van der Waals surface area contributed by atoms with E-state index < -0.39 is 17.7 Å². The molecule has 1 aromatic rings. The van der Waals surface area contributed by atoms with Gasteiger partial charge in [-0.1, -0.05) is 15.9 Å². The molecule has 0 saturated carbocycles. The molecule has 1 N–H and O–H groups in total. The molecule has 0 aliphatic carbocycles. The molecular weight excluding hydrogens is 368 g/mol. The molecule has 1 atom stereocenters. The molecule has 0 aromatic heterocycles. The van der Waals surface area contributed by atoms with Crippen molar-refractivity contribution in [3.63, 3.8) is 0 Å². The molecule has 0 radical (unpaired) electrons. The van der Waals surface area contributed by atoms with E-state index in [0.717, 1.165) is 15.1 Å². The predicted molar refractivity (Wildman–Crippen MR) is 91.4 cm³/mol. The fourth-order valence-electron chi connectivity index (χ4n) is 2.03. The van der Waals surface area contributed by atoms with Crippen molar-refractivity contribution in [3.8, 4) is 0 Å². The van der Waals surface area contributed by atoms with Crippen molar-refractivity contribution < 1.29 is 14.3 Å². The van der Waals surface area contributed by atoms with Gasteiger partial charge in [0.05, 0.1) is 5.69 Å². The lowest BCUT2D eigenvalue weighted by Crippen LogP contribution is -2.49. The summed E-state index contributed by atoms with van der Waals surface area (Å²) in [6, 6.07) is 5.14. The third-order valence-electron chi connectivity index (χ3n) is 3.01. The highest BCUT2D eigenvalue weighted by Crippen LogP contribution is 2.35. The first kappa shape index (κ1) is 17.1. The SMILES string of the molecule is CN1C(=O)[C@@H](NC(=O)OC(C)(C)C)CSc2cc(Br)ccc21. The Balaban J connectivity index is 2.14. The minimum atomic E-state index is -0.615. The maximum Gasteiger partial charge on any atom is 0.408 e. The first-order valence-electron chi connectivity index (χ1n) is 6.87. The third kappa shape index (κ3) is 4.16. The van der Waals surface area contributed by atoms with Crippen LogP contribution < -0.4 is 10.2 Å². The van der Waals surface area contributed by atoms with E-state index in [1.807, 2.05) is 18.2 Å². The Morgan fingerprint density at radius 2 is 2.14 bits per heavy atom. The highest BCUT2D eigenvalue weighted by Gasteiger charge is 2.31. The second-order valence-corrected chi connectivity index (χ2v) is 8.00. The van der Waals surface area contributed by atoms with Crippen LogP contribution in [0.2, 0.25) is 0 Å². The lowest BCUT2D eigenvalue weighted by atomic mass is 10.2.